The molecule has 7 heteroatoms. The summed E-state index contributed by atoms with van der Waals surface area (Å²) in [6.45, 7) is 0.307. The topological polar surface area (TPSA) is 84.5 Å². The molecule has 0 radical (unpaired) electrons. The first-order valence-electron chi connectivity index (χ1n) is 5.30. The largest absolute Gasteiger partial charge is 0.388 e. The molecule has 2 rings (SSSR count). The summed E-state index contributed by atoms with van der Waals surface area (Å²) in [4.78, 5) is 9.55. The second-order valence-electron chi connectivity index (χ2n) is 3.97. The number of nitrogens with zero attached hydrogens (tertiary/aromatic N) is 3. The van der Waals surface area contributed by atoms with Crippen LogP contribution in [0.4, 0.5) is 16.2 Å². The van der Waals surface area contributed by atoms with Gasteiger partial charge in [0.05, 0.1) is 6.54 Å². The molecule has 3 N–H and O–H groups in total. The van der Waals surface area contributed by atoms with Crippen LogP contribution in [0.2, 0.25) is 0 Å². The highest BCUT2D eigenvalue weighted by molar-refractivity contribution is 5.38. The number of aliphatic hydroxyl groups excluding tert-OH is 1. The van der Waals surface area contributed by atoms with Gasteiger partial charge in [-0.1, -0.05) is 0 Å². The van der Waals surface area contributed by atoms with Gasteiger partial charge in [0.25, 0.3) is 0 Å². The minimum atomic E-state index is -1.28. The molecule has 0 aliphatic carbocycles. The fourth-order valence-corrected chi connectivity index (χ4v) is 1.94. The maximum absolute atomic E-state index is 13.7. The summed E-state index contributed by atoms with van der Waals surface area (Å²) in [5, 5.41) is 9.75. The Kier molecular flexibility index (Phi) is 3.39. The van der Waals surface area contributed by atoms with Crippen LogP contribution < -0.4 is 10.6 Å². The van der Waals surface area contributed by atoms with Crippen molar-refractivity contribution in [3.8, 4) is 0 Å². The molecule has 0 amide bonds. The summed E-state index contributed by atoms with van der Waals surface area (Å²) >= 11 is 0. The Bertz CT molecular complexity index is 380. The molecule has 2 heterocycles. The molecule has 17 heavy (non-hydrogen) atoms. The van der Waals surface area contributed by atoms with E-state index in [1.165, 1.54) is 13.3 Å². The van der Waals surface area contributed by atoms with Crippen LogP contribution in [0.15, 0.2) is 12.3 Å². The number of aliphatic hydroxyl groups is 1. The first kappa shape index (κ1) is 12.0. The number of hydrogen-bond acceptors (Lipinski definition) is 6. The Balaban J connectivity index is 2.14. The number of nitrogen functional groups attached to an aromatic ring is 1. The number of alkyl halides is 1. The monoisotopic (exact) mass is 242 g/mol. The van der Waals surface area contributed by atoms with Crippen LogP contribution >= 0.6 is 0 Å². The van der Waals surface area contributed by atoms with Gasteiger partial charge in [-0.15, -0.1) is 0 Å². The van der Waals surface area contributed by atoms with Gasteiger partial charge in [-0.3, -0.25) is 0 Å². The van der Waals surface area contributed by atoms with Crippen LogP contribution in [-0.4, -0.2) is 53.7 Å². The molecule has 1 aliphatic rings. The van der Waals surface area contributed by atoms with Crippen molar-refractivity contribution in [3.63, 3.8) is 0 Å². The van der Waals surface area contributed by atoms with Gasteiger partial charge in [0.15, 0.2) is 0 Å². The van der Waals surface area contributed by atoms with Gasteiger partial charge < -0.3 is 20.5 Å². The summed E-state index contributed by atoms with van der Waals surface area (Å²) in [7, 11) is 1.38. The lowest BCUT2D eigenvalue weighted by atomic mass is 10.0. The van der Waals surface area contributed by atoms with Gasteiger partial charge in [-0.25, -0.2) is 9.37 Å². The van der Waals surface area contributed by atoms with Crippen molar-refractivity contribution in [2.75, 3.05) is 30.8 Å². The predicted octanol–water partition coefficient (Wildman–Crippen LogP) is -0.407. The van der Waals surface area contributed by atoms with Crippen LogP contribution in [0.5, 0.6) is 0 Å². The summed E-state index contributed by atoms with van der Waals surface area (Å²) < 4.78 is 18.6. The molecule has 1 aromatic rings. The molecule has 1 saturated heterocycles. The Morgan fingerprint density at radius 2 is 2.35 bits per heavy atom. The van der Waals surface area contributed by atoms with Crippen molar-refractivity contribution >= 4 is 11.8 Å². The third-order valence-corrected chi connectivity index (χ3v) is 2.76. The predicted molar refractivity (Wildman–Crippen MR) is 60.4 cm³/mol. The fraction of sp³-hybridized carbons (Fsp3) is 0.600. The van der Waals surface area contributed by atoms with Crippen LogP contribution in [0, 0.1) is 0 Å². The van der Waals surface area contributed by atoms with Gasteiger partial charge >= 0.3 is 0 Å². The van der Waals surface area contributed by atoms with E-state index in [1.807, 2.05) is 0 Å². The number of β-amino-alcohol motifs (C(OH)–C–C–N with tert-alkyl or cyclic N) is 1. The summed E-state index contributed by atoms with van der Waals surface area (Å²) in [5.41, 5.74) is 5.53. The van der Waals surface area contributed by atoms with Crippen molar-refractivity contribution in [3.05, 3.63) is 12.3 Å². The van der Waals surface area contributed by atoms with Gasteiger partial charge in [0.1, 0.15) is 24.2 Å². The highest BCUT2D eigenvalue weighted by atomic mass is 19.1. The lowest BCUT2D eigenvalue weighted by Gasteiger charge is -2.37. The molecule has 3 atom stereocenters. The standard InChI is InChI=1S/C10H15FN4O2/c1-17-9-6(11)4-15(5-7(9)16)10-13-3-2-8(12)14-10/h2-3,6-7,9,16H,4-5H2,1H3,(H2,12,13,14)/t6-,7+,9-/m0/s1. The molecular weight excluding hydrogens is 227 g/mol. The van der Waals surface area contributed by atoms with E-state index in [4.69, 9.17) is 10.5 Å². The fourth-order valence-electron chi connectivity index (χ4n) is 1.94. The highest BCUT2D eigenvalue weighted by Crippen LogP contribution is 2.21. The number of anilines is 2. The van der Waals surface area contributed by atoms with Crippen molar-refractivity contribution in [1.82, 2.24) is 9.97 Å². The average molecular weight is 242 g/mol. The molecule has 1 aliphatic heterocycles. The molecule has 0 spiro atoms. The van der Waals surface area contributed by atoms with E-state index in [9.17, 15) is 9.50 Å². The number of hydrogen-bond donors (Lipinski definition) is 2. The van der Waals surface area contributed by atoms with Gasteiger partial charge in [0.2, 0.25) is 5.95 Å². The Morgan fingerprint density at radius 1 is 1.59 bits per heavy atom. The zero-order valence-corrected chi connectivity index (χ0v) is 9.45. The van der Waals surface area contributed by atoms with E-state index in [0.29, 0.717) is 11.8 Å². The van der Waals surface area contributed by atoms with E-state index in [1.54, 1.807) is 11.0 Å². The number of piperidine rings is 1. The summed E-state index contributed by atoms with van der Waals surface area (Å²) in [6.07, 6.45) is -1.49. The smallest absolute Gasteiger partial charge is 0.227 e. The zero-order chi connectivity index (χ0) is 12.4. The quantitative estimate of drug-likeness (QED) is 0.733. The Labute approximate surface area is 98.2 Å². The number of methoxy groups -OCH3 is 1. The normalized spacial score (nSPS) is 29.4. The first-order chi connectivity index (χ1) is 8.11. The zero-order valence-electron chi connectivity index (χ0n) is 9.45. The number of ether oxygens (including phenoxy) is 1. The third-order valence-electron chi connectivity index (χ3n) is 2.76. The van der Waals surface area contributed by atoms with Crippen molar-refractivity contribution in [2.24, 2.45) is 0 Å². The average Bonchev–Trinajstić information content (AvgIpc) is 2.28. The molecule has 0 unspecified atom stereocenters. The molecule has 94 valence electrons. The summed E-state index contributed by atoms with van der Waals surface area (Å²) in [5.74, 6) is 0.634. The van der Waals surface area contributed by atoms with Crippen molar-refractivity contribution in [2.45, 2.75) is 18.4 Å². The van der Waals surface area contributed by atoms with Crippen LogP contribution in [0.25, 0.3) is 0 Å². The number of nitrogens with two attached hydrogens (primary N) is 1. The van der Waals surface area contributed by atoms with Gasteiger partial charge in [-0.2, -0.15) is 4.98 Å². The van der Waals surface area contributed by atoms with Crippen LogP contribution in [0.1, 0.15) is 0 Å². The molecular formula is C10H15FN4O2. The Morgan fingerprint density at radius 3 is 2.94 bits per heavy atom. The Hall–Kier alpha value is -1.47. The van der Waals surface area contributed by atoms with E-state index in [0.717, 1.165) is 0 Å². The van der Waals surface area contributed by atoms with E-state index in [2.05, 4.69) is 9.97 Å². The maximum Gasteiger partial charge on any atom is 0.227 e. The minimum absolute atomic E-state index is 0.0824. The van der Waals surface area contributed by atoms with E-state index >= 15 is 0 Å². The SMILES string of the molecule is CO[C@@H]1[C@H](O)CN(c2nccc(N)n2)C[C@@H]1F. The second-order valence-corrected chi connectivity index (χ2v) is 3.97. The number of halogens is 1. The van der Waals surface area contributed by atoms with Crippen LogP contribution in [-0.2, 0) is 4.74 Å². The molecule has 1 aromatic heterocycles. The van der Waals surface area contributed by atoms with Crippen molar-refractivity contribution < 1.29 is 14.2 Å². The minimum Gasteiger partial charge on any atom is -0.388 e. The lowest BCUT2D eigenvalue weighted by Crippen LogP contribution is -2.55. The molecule has 0 saturated carbocycles. The van der Waals surface area contributed by atoms with Crippen molar-refractivity contribution in [1.29, 1.82) is 0 Å². The second kappa shape index (κ2) is 4.80. The molecule has 1 fully saturated rings. The first-order valence-corrected chi connectivity index (χ1v) is 5.30. The van der Waals surface area contributed by atoms with E-state index in [-0.39, 0.29) is 13.1 Å². The van der Waals surface area contributed by atoms with Gasteiger partial charge in [0, 0.05) is 19.9 Å². The molecule has 0 bridgehead atoms. The van der Waals surface area contributed by atoms with Crippen LogP contribution in [0.3, 0.4) is 0 Å². The third kappa shape index (κ3) is 2.45. The number of rotatable bonds is 2. The number of aromatic nitrogens is 2. The van der Waals surface area contributed by atoms with Gasteiger partial charge in [-0.05, 0) is 6.07 Å². The molecule has 6 nitrogen and oxygen atoms in total. The summed E-state index contributed by atoms with van der Waals surface area (Å²) in [6, 6.07) is 1.55. The van der Waals surface area contributed by atoms with E-state index < -0.39 is 18.4 Å². The maximum atomic E-state index is 13.7. The molecule has 0 aromatic carbocycles. The lowest BCUT2D eigenvalue weighted by molar-refractivity contribution is -0.0627. The highest BCUT2D eigenvalue weighted by Gasteiger charge is 2.37.